The maximum Gasteiger partial charge on any atom is 0.228 e. The Morgan fingerprint density at radius 1 is 1.08 bits per heavy atom. The molecule has 144 valence electrons. The first kappa shape index (κ1) is 20.6. The first-order valence-electron chi connectivity index (χ1n) is 9.62. The van der Waals surface area contributed by atoms with Gasteiger partial charge in [0.25, 0.3) is 0 Å². The smallest absolute Gasteiger partial charge is 0.228 e. The van der Waals surface area contributed by atoms with E-state index in [1.807, 2.05) is 30.3 Å². The maximum absolute atomic E-state index is 10.3. The van der Waals surface area contributed by atoms with Gasteiger partial charge in [0.05, 0.1) is 26.8 Å². The summed E-state index contributed by atoms with van der Waals surface area (Å²) in [5, 5.41) is 19.2. The summed E-state index contributed by atoms with van der Waals surface area (Å²) in [5.74, 6) is 1.06. The normalized spacial score (nSPS) is 15.4. The summed E-state index contributed by atoms with van der Waals surface area (Å²) in [7, 11) is 4.15. The molecule has 0 amide bonds. The van der Waals surface area contributed by atoms with Gasteiger partial charge in [-0.05, 0) is 5.56 Å². The molecule has 0 radical (unpaired) electrons. The highest BCUT2D eigenvalue weighted by molar-refractivity contribution is 5.21. The van der Waals surface area contributed by atoms with Crippen LogP contribution in [0.1, 0.15) is 61.8 Å². The second kappa shape index (κ2) is 10.5. The van der Waals surface area contributed by atoms with Crippen molar-refractivity contribution in [2.45, 2.75) is 51.2 Å². The van der Waals surface area contributed by atoms with Gasteiger partial charge in [0.1, 0.15) is 6.54 Å². The van der Waals surface area contributed by atoms with Gasteiger partial charge in [0.2, 0.25) is 5.89 Å². The molecule has 1 saturated carbocycles. The average Bonchev–Trinajstić information content (AvgIpc) is 3.35. The highest BCUT2D eigenvalue weighted by atomic mass is 16.4. The largest absolute Gasteiger partial charge is 0.437 e. The zero-order valence-corrected chi connectivity index (χ0v) is 16.1. The van der Waals surface area contributed by atoms with Crippen LogP contribution in [0.15, 0.2) is 40.9 Å². The Kier molecular flexibility index (Phi) is 8.29. The van der Waals surface area contributed by atoms with Crippen molar-refractivity contribution in [3.8, 4) is 0 Å². The summed E-state index contributed by atoms with van der Waals surface area (Å²) >= 11 is 0. The first-order chi connectivity index (χ1) is 12.5. The molecule has 1 aliphatic carbocycles. The van der Waals surface area contributed by atoms with Crippen LogP contribution >= 0.6 is 0 Å². The van der Waals surface area contributed by atoms with Gasteiger partial charge in [0, 0.05) is 13.0 Å². The number of rotatable bonds is 7. The second-order valence-electron chi connectivity index (χ2n) is 7.64. The van der Waals surface area contributed by atoms with E-state index < -0.39 is 6.10 Å². The van der Waals surface area contributed by atoms with E-state index in [-0.39, 0.29) is 6.61 Å². The Bertz CT molecular complexity index is 614. The molecule has 0 saturated heterocycles. The molecule has 1 aliphatic rings. The molecule has 2 N–H and O–H groups in total. The molecule has 5 nitrogen and oxygen atoms in total. The van der Waals surface area contributed by atoms with Crippen molar-refractivity contribution in [2.75, 3.05) is 27.2 Å². The molecule has 0 bridgehead atoms. The fourth-order valence-electron chi connectivity index (χ4n) is 3.18. The van der Waals surface area contributed by atoms with Gasteiger partial charge >= 0.3 is 0 Å². The van der Waals surface area contributed by atoms with E-state index in [2.05, 4.69) is 19.1 Å². The Labute approximate surface area is 156 Å². The molecule has 5 heteroatoms. The molecule has 1 aromatic heterocycles. The minimum absolute atomic E-state index is 0.191. The minimum atomic E-state index is -0.840. The Morgan fingerprint density at radius 3 is 2.27 bits per heavy atom. The van der Waals surface area contributed by atoms with Crippen LogP contribution < -0.4 is 0 Å². The lowest BCUT2D eigenvalue weighted by Gasteiger charge is -2.28. The molecule has 2 aromatic rings. The maximum atomic E-state index is 10.3. The molecule has 26 heavy (non-hydrogen) atoms. The third-order valence-electron chi connectivity index (χ3n) is 4.68. The third-order valence-corrected chi connectivity index (χ3v) is 4.68. The van der Waals surface area contributed by atoms with Crippen LogP contribution in [0.3, 0.4) is 0 Å². The standard InChI is InChI=1S/C16H23N2O3.C5H10/c1-18(2,9-6-10-19)12-14-11-17-16(21-14)15(20)13-7-4-3-5-8-13;1-2-4-5-3-1/h3-5,7-8,11,15,19-20H,6,9-10,12H2,1-2H3;1-5H2/q+1;/t15-;/m0./s1. The summed E-state index contributed by atoms with van der Waals surface area (Å²) in [5.41, 5.74) is 0.764. The van der Waals surface area contributed by atoms with Gasteiger partial charge in [-0.3, -0.25) is 0 Å². The van der Waals surface area contributed by atoms with Crippen LogP contribution in [0.2, 0.25) is 0 Å². The average molecular weight is 362 g/mol. The molecular formula is C21H33N2O3+. The van der Waals surface area contributed by atoms with Crippen molar-refractivity contribution < 1.29 is 19.1 Å². The molecule has 0 unspecified atom stereocenters. The van der Waals surface area contributed by atoms with E-state index in [0.717, 1.165) is 24.3 Å². The van der Waals surface area contributed by atoms with Crippen molar-refractivity contribution >= 4 is 0 Å². The van der Waals surface area contributed by atoms with E-state index in [1.165, 1.54) is 32.1 Å². The second-order valence-corrected chi connectivity index (χ2v) is 7.64. The lowest BCUT2D eigenvalue weighted by atomic mass is 10.1. The number of aliphatic hydroxyl groups is 2. The predicted molar refractivity (Wildman–Crippen MR) is 102 cm³/mol. The fourth-order valence-corrected chi connectivity index (χ4v) is 3.18. The number of aromatic nitrogens is 1. The molecule has 0 spiro atoms. The van der Waals surface area contributed by atoms with Gasteiger partial charge in [-0.2, -0.15) is 0 Å². The Morgan fingerprint density at radius 2 is 1.69 bits per heavy atom. The van der Waals surface area contributed by atoms with Gasteiger partial charge in [-0.15, -0.1) is 0 Å². The van der Waals surface area contributed by atoms with E-state index in [0.29, 0.717) is 16.9 Å². The van der Waals surface area contributed by atoms with Crippen LogP contribution in [-0.4, -0.2) is 46.9 Å². The summed E-state index contributed by atoms with van der Waals surface area (Å²) < 4.78 is 6.38. The lowest BCUT2D eigenvalue weighted by Crippen LogP contribution is -2.39. The number of oxazole rings is 1. The van der Waals surface area contributed by atoms with Crippen molar-refractivity contribution in [1.29, 1.82) is 0 Å². The molecular weight excluding hydrogens is 328 g/mol. The first-order valence-corrected chi connectivity index (χ1v) is 9.62. The van der Waals surface area contributed by atoms with Crippen LogP contribution in [0, 0.1) is 0 Å². The van der Waals surface area contributed by atoms with Gasteiger partial charge < -0.3 is 19.1 Å². The van der Waals surface area contributed by atoms with Crippen LogP contribution in [0.25, 0.3) is 0 Å². The molecule has 3 rings (SSSR count). The van der Waals surface area contributed by atoms with E-state index in [1.54, 1.807) is 6.20 Å². The van der Waals surface area contributed by atoms with Crippen molar-refractivity contribution in [2.24, 2.45) is 0 Å². The quantitative estimate of drug-likeness (QED) is 0.739. The lowest BCUT2D eigenvalue weighted by molar-refractivity contribution is -0.904. The number of nitrogens with zero attached hydrogens (tertiary/aromatic N) is 2. The summed E-state index contributed by atoms with van der Waals surface area (Å²) in [6, 6.07) is 9.33. The highest BCUT2D eigenvalue weighted by Gasteiger charge is 2.21. The zero-order valence-electron chi connectivity index (χ0n) is 16.1. The van der Waals surface area contributed by atoms with Crippen LogP contribution in [-0.2, 0) is 6.54 Å². The third kappa shape index (κ3) is 6.90. The molecule has 1 aromatic carbocycles. The molecule has 1 heterocycles. The number of hydrogen-bond acceptors (Lipinski definition) is 4. The summed E-state index contributed by atoms with van der Waals surface area (Å²) in [6.45, 7) is 1.72. The number of hydrogen-bond donors (Lipinski definition) is 2. The topological polar surface area (TPSA) is 66.5 Å². The number of benzene rings is 1. The fraction of sp³-hybridized carbons (Fsp3) is 0.571. The number of quaternary nitrogens is 1. The summed E-state index contributed by atoms with van der Waals surface area (Å²) in [6.07, 6.45) is 9.08. The highest BCUT2D eigenvalue weighted by Crippen LogP contribution is 2.22. The van der Waals surface area contributed by atoms with E-state index in [9.17, 15) is 5.11 Å². The molecule has 0 aliphatic heterocycles. The molecule has 1 atom stereocenters. The Hall–Kier alpha value is -1.69. The van der Waals surface area contributed by atoms with E-state index in [4.69, 9.17) is 9.52 Å². The monoisotopic (exact) mass is 361 g/mol. The van der Waals surface area contributed by atoms with Gasteiger partial charge in [0.15, 0.2) is 11.9 Å². The molecule has 1 fully saturated rings. The zero-order chi connectivity index (χ0) is 18.8. The SMILES string of the molecule is C1CCCC1.C[N+](C)(CCCO)Cc1cnc([C@@H](O)c2ccccc2)o1. The summed E-state index contributed by atoms with van der Waals surface area (Å²) in [4.78, 5) is 4.18. The van der Waals surface area contributed by atoms with Crippen LogP contribution in [0.4, 0.5) is 0 Å². The van der Waals surface area contributed by atoms with Gasteiger partial charge in [-0.1, -0.05) is 62.4 Å². The van der Waals surface area contributed by atoms with Crippen molar-refractivity contribution in [1.82, 2.24) is 4.98 Å². The van der Waals surface area contributed by atoms with E-state index >= 15 is 0 Å². The van der Waals surface area contributed by atoms with Gasteiger partial charge in [-0.25, -0.2) is 4.98 Å². The number of aliphatic hydroxyl groups excluding tert-OH is 2. The van der Waals surface area contributed by atoms with Crippen molar-refractivity contribution in [3.63, 3.8) is 0 Å². The predicted octanol–water partition coefficient (Wildman–Crippen LogP) is 3.67. The van der Waals surface area contributed by atoms with Crippen molar-refractivity contribution in [3.05, 3.63) is 53.7 Å². The van der Waals surface area contributed by atoms with Crippen LogP contribution in [0.5, 0.6) is 0 Å². The minimum Gasteiger partial charge on any atom is -0.437 e. The Balaban J connectivity index is 0.000000417.